The molecule has 32 heavy (non-hydrogen) atoms. The summed E-state index contributed by atoms with van der Waals surface area (Å²) in [7, 11) is 1.57. The van der Waals surface area contributed by atoms with Gasteiger partial charge in [0.2, 0.25) is 17.8 Å². The van der Waals surface area contributed by atoms with Gasteiger partial charge in [-0.1, -0.05) is 12.1 Å². The Kier molecular flexibility index (Phi) is 5.63. The predicted molar refractivity (Wildman–Crippen MR) is 122 cm³/mol. The molecule has 9 heteroatoms. The lowest BCUT2D eigenvalue weighted by atomic mass is 9.92. The molecule has 2 amide bonds. The number of H-pyrrole nitrogens is 1. The molecule has 1 atom stereocenters. The number of hydrogen-bond donors (Lipinski definition) is 4. The minimum Gasteiger partial charge on any atom is -0.497 e. The van der Waals surface area contributed by atoms with Crippen LogP contribution in [0.4, 0.5) is 23.1 Å². The van der Waals surface area contributed by atoms with Crippen molar-refractivity contribution >= 4 is 35.0 Å². The molecule has 1 aliphatic rings. The summed E-state index contributed by atoms with van der Waals surface area (Å²) in [5.74, 6) is -0.862. The van der Waals surface area contributed by atoms with Gasteiger partial charge in [0.25, 0.3) is 5.56 Å². The van der Waals surface area contributed by atoms with E-state index in [1.54, 1.807) is 31.4 Å². The van der Waals surface area contributed by atoms with Gasteiger partial charge in [-0.2, -0.15) is 4.98 Å². The molecule has 4 rings (SSSR count). The number of anilines is 4. The number of aromatic amines is 1. The Labute approximate surface area is 184 Å². The van der Waals surface area contributed by atoms with Crippen LogP contribution in [0.5, 0.6) is 5.75 Å². The van der Waals surface area contributed by atoms with E-state index in [2.05, 4.69) is 25.9 Å². The summed E-state index contributed by atoms with van der Waals surface area (Å²) in [6.07, 6.45) is -0.139. The molecule has 0 saturated carbocycles. The number of fused-ring (bicyclic) bond motifs is 1. The van der Waals surface area contributed by atoms with Crippen LogP contribution in [-0.2, 0) is 9.59 Å². The van der Waals surface area contributed by atoms with Gasteiger partial charge in [-0.15, -0.1) is 0 Å². The molecule has 0 bridgehead atoms. The fourth-order valence-electron chi connectivity index (χ4n) is 3.56. The van der Waals surface area contributed by atoms with Crippen molar-refractivity contribution in [2.45, 2.75) is 26.2 Å². The topological polar surface area (TPSA) is 125 Å². The fraction of sp³-hybridized carbons (Fsp3) is 0.217. The Morgan fingerprint density at radius 2 is 1.88 bits per heavy atom. The van der Waals surface area contributed by atoms with Gasteiger partial charge >= 0.3 is 0 Å². The summed E-state index contributed by atoms with van der Waals surface area (Å²) in [4.78, 5) is 45.2. The maximum Gasteiger partial charge on any atom is 0.258 e. The zero-order valence-electron chi connectivity index (χ0n) is 17.9. The first-order chi connectivity index (χ1) is 15.3. The molecule has 0 aliphatic carbocycles. The molecular formula is C23H23N5O4. The van der Waals surface area contributed by atoms with Crippen molar-refractivity contribution in [3.05, 3.63) is 69.5 Å². The fourth-order valence-corrected chi connectivity index (χ4v) is 3.56. The predicted octanol–water partition coefficient (Wildman–Crippen LogP) is 3.20. The third-order valence-corrected chi connectivity index (χ3v) is 5.27. The smallest absolute Gasteiger partial charge is 0.258 e. The van der Waals surface area contributed by atoms with Crippen LogP contribution in [0.15, 0.2) is 47.3 Å². The van der Waals surface area contributed by atoms with Gasteiger partial charge < -0.3 is 20.7 Å². The zero-order valence-corrected chi connectivity index (χ0v) is 17.9. The van der Waals surface area contributed by atoms with E-state index in [1.165, 1.54) is 0 Å². The number of nitrogens with zero attached hydrogens (tertiary/aromatic N) is 1. The highest BCUT2D eigenvalue weighted by Gasteiger charge is 2.35. The lowest BCUT2D eigenvalue weighted by molar-refractivity contribution is -0.123. The van der Waals surface area contributed by atoms with Crippen molar-refractivity contribution in [3.8, 4) is 5.75 Å². The van der Waals surface area contributed by atoms with Crippen LogP contribution in [0.25, 0.3) is 0 Å². The maximum atomic E-state index is 13.0. The Hall–Kier alpha value is -4.14. The number of nitrogens with one attached hydrogen (secondary N) is 4. The highest BCUT2D eigenvalue weighted by Crippen LogP contribution is 2.31. The summed E-state index contributed by atoms with van der Waals surface area (Å²) in [5, 5.41) is 8.44. The molecule has 0 spiro atoms. The van der Waals surface area contributed by atoms with Crippen molar-refractivity contribution < 1.29 is 14.3 Å². The maximum absolute atomic E-state index is 13.0. The van der Waals surface area contributed by atoms with Crippen molar-refractivity contribution in [1.29, 1.82) is 0 Å². The number of ether oxygens (including phenoxy) is 1. The van der Waals surface area contributed by atoms with Gasteiger partial charge in [0.15, 0.2) is 0 Å². The SMILES string of the molecule is COc1ccc(Nc2nc3c(c(=O)[nH]2)[C@@H](C(=O)Nc2cc(C)ccc2C)CC(=O)N3)cc1. The molecular weight excluding hydrogens is 410 g/mol. The van der Waals surface area contributed by atoms with E-state index < -0.39 is 17.4 Å². The van der Waals surface area contributed by atoms with E-state index in [0.29, 0.717) is 17.1 Å². The van der Waals surface area contributed by atoms with Gasteiger partial charge in [-0.3, -0.25) is 19.4 Å². The number of aromatic nitrogens is 2. The quantitative estimate of drug-likeness (QED) is 0.490. The second-order valence-corrected chi connectivity index (χ2v) is 7.64. The normalized spacial score (nSPS) is 14.8. The number of hydrogen-bond acceptors (Lipinski definition) is 6. The summed E-state index contributed by atoms with van der Waals surface area (Å²) in [6, 6.07) is 12.7. The highest BCUT2D eigenvalue weighted by molar-refractivity contribution is 6.04. The van der Waals surface area contributed by atoms with Gasteiger partial charge in [0, 0.05) is 17.8 Å². The summed E-state index contributed by atoms with van der Waals surface area (Å²) >= 11 is 0. The monoisotopic (exact) mass is 433 g/mol. The van der Waals surface area contributed by atoms with E-state index in [0.717, 1.165) is 11.1 Å². The molecule has 3 aromatic rings. The molecule has 0 radical (unpaired) electrons. The molecule has 164 valence electrons. The molecule has 4 N–H and O–H groups in total. The second-order valence-electron chi connectivity index (χ2n) is 7.64. The molecule has 0 saturated heterocycles. The van der Waals surface area contributed by atoms with Gasteiger partial charge in [0.1, 0.15) is 11.6 Å². The van der Waals surface area contributed by atoms with Crippen LogP contribution >= 0.6 is 0 Å². The number of amides is 2. The minimum absolute atomic E-state index is 0.0714. The Balaban J connectivity index is 1.63. The van der Waals surface area contributed by atoms with Crippen LogP contribution in [-0.4, -0.2) is 28.9 Å². The van der Waals surface area contributed by atoms with Gasteiger partial charge in [0.05, 0.1) is 18.6 Å². The largest absolute Gasteiger partial charge is 0.497 e. The van der Waals surface area contributed by atoms with E-state index in [-0.39, 0.29) is 29.7 Å². The summed E-state index contributed by atoms with van der Waals surface area (Å²) in [5.41, 5.74) is 2.82. The third kappa shape index (κ3) is 4.31. The number of carbonyl (C=O) groups excluding carboxylic acids is 2. The Bertz CT molecular complexity index is 1250. The molecule has 1 aliphatic heterocycles. The molecule has 9 nitrogen and oxygen atoms in total. The Morgan fingerprint density at radius 3 is 2.59 bits per heavy atom. The van der Waals surface area contributed by atoms with E-state index in [9.17, 15) is 14.4 Å². The first-order valence-electron chi connectivity index (χ1n) is 10.1. The average molecular weight is 433 g/mol. The van der Waals surface area contributed by atoms with E-state index in [4.69, 9.17) is 4.74 Å². The van der Waals surface area contributed by atoms with Crippen molar-refractivity contribution in [3.63, 3.8) is 0 Å². The van der Waals surface area contributed by atoms with Crippen LogP contribution in [0, 0.1) is 13.8 Å². The lowest BCUT2D eigenvalue weighted by Gasteiger charge is -2.24. The standard InChI is InChI=1S/C23H23N5O4/c1-12-4-5-13(2)17(10-12)25-21(30)16-11-18(29)26-20-19(16)22(31)28-23(27-20)24-14-6-8-15(32-3)9-7-14/h4-10,16H,11H2,1-3H3,(H,25,30)(H3,24,26,27,28,29,31)/t16-/m0/s1. The number of methoxy groups -OCH3 is 1. The first kappa shape index (κ1) is 21.1. The summed E-state index contributed by atoms with van der Waals surface area (Å²) in [6.45, 7) is 3.80. The third-order valence-electron chi connectivity index (χ3n) is 5.27. The molecule has 0 unspecified atom stereocenters. The van der Waals surface area contributed by atoms with Gasteiger partial charge in [-0.05, 0) is 55.3 Å². The molecule has 0 fully saturated rings. The first-order valence-corrected chi connectivity index (χ1v) is 10.1. The van der Waals surface area contributed by atoms with Crippen molar-refractivity contribution in [2.24, 2.45) is 0 Å². The minimum atomic E-state index is -0.954. The number of rotatable bonds is 5. The second kappa shape index (κ2) is 8.54. The van der Waals surface area contributed by atoms with Crippen LogP contribution < -0.4 is 26.2 Å². The molecule has 1 aromatic heterocycles. The van der Waals surface area contributed by atoms with Gasteiger partial charge in [-0.25, -0.2) is 0 Å². The van der Waals surface area contributed by atoms with Crippen LogP contribution in [0.3, 0.4) is 0 Å². The Morgan fingerprint density at radius 1 is 1.12 bits per heavy atom. The number of aryl methyl sites for hydroxylation is 2. The highest BCUT2D eigenvalue weighted by atomic mass is 16.5. The van der Waals surface area contributed by atoms with Crippen molar-refractivity contribution in [2.75, 3.05) is 23.1 Å². The lowest BCUT2D eigenvalue weighted by Crippen LogP contribution is -2.36. The number of benzene rings is 2. The number of carbonyl (C=O) groups is 2. The molecule has 2 aromatic carbocycles. The van der Waals surface area contributed by atoms with E-state index >= 15 is 0 Å². The van der Waals surface area contributed by atoms with Crippen LogP contribution in [0.2, 0.25) is 0 Å². The van der Waals surface area contributed by atoms with E-state index in [1.807, 2.05) is 32.0 Å². The average Bonchev–Trinajstić information content (AvgIpc) is 2.76. The zero-order chi connectivity index (χ0) is 22.8. The van der Waals surface area contributed by atoms with Crippen molar-refractivity contribution in [1.82, 2.24) is 9.97 Å². The van der Waals surface area contributed by atoms with Crippen LogP contribution in [0.1, 0.15) is 29.0 Å². The summed E-state index contributed by atoms with van der Waals surface area (Å²) < 4.78 is 5.13. The molecule has 2 heterocycles.